The molecule has 0 radical (unpaired) electrons. The molecule has 0 aliphatic carbocycles. The summed E-state index contributed by atoms with van der Waals surface area (Å²) in [6, 6.07) is 0. The Labute approximate surface area is 221 Å². The second kappa shape index (κ2) is 22.3. The van der Waals surface area contributed by atoms with Gasteiger partial charge in [-0.1, -0.05) is 103 Å². The van der Waals surface area contributed by atoms with Gasteiger partial charge < -0.3 is 27.9 Å². The first kappa shape index (κ1) is 35.3. The van der Waals surface area contributed by atoms with E-state index in [9.17, 15) is 14.3 Å². The molecule has 216 valence electrons. The second-order valence-corrected chi connectivity index (χ2v) is 12.3. The summed E-state index contributed by atoms with van der Waals surface area (Å²) in [5.74, 6) is 0. The summed E-state index contributed by atoms with van der Waals surface area (Å²) in [4.78, 5) is 23.5. The summed E-state index contributed by atoms with van der Waals surface area (Å²) in [6.07, 6.45) is 19.4. The fourth-order valence-corrected chi connectivity index (χ4v) is 4.65. The van der Waals surface area contributed by atoms with Gasteiger partial charge in [0.1, 0.15) is 19.3 Å². The topological polar surface area (TPSA) is 94.1 Å². The van der Waals surface area contributed by atoms with E-state index in [0.29, 0.717) is 17.4 Å². The van der Waals surface area contributed by atoms with Gasteiger partial charge in [-0.25, -0.2) is 4.79 Å². The van der Waals surface area contributed by atoms with Gasteiger partial charge in [-0.15, -0.1) is 0 Å². The Hall–Kier alpha value is -0.660. The molecule has 0 saturated carbocycles. The van der Waals surface area contributed by atoms with Crippen LogP contribution in [0.4, 0.5) is 4.79 Å². The summed E-state index contributed by atoms with van der Waals surface area (Å²) >= 11 is 0. The molecule has 0 aliphatic rings. The van der Waals surface area contributed by atoms with Gasteiger partial charge in [0.15, 0.2) is 0 Å². The minimum absolute atomic E-state index is 0.0337. The van der Waals surface area contributed by atoms with Crippen molar-refractivity contribution in [2.75, 3.05) is 48.0 Å². The molecule has 0 spiro atoms. The number of hydrogen-bond acceptors (Lipinski definition) is 7. The molecule has 0 aromatic rings. The zero-order valence-electron chi connectivity index (χ0n) is 24.0. The zero-order valence-corrected chi connectivity index (χ0v) is 24.9. The van der Waals surface area contributed by atoms with Gasteiger partial charge in [-0.05, 0) is 12.8 Å². The number of quaternary nitrogens is 1. The predicted octanol–water partition coefficient (Wildman–Crippen LogP) is 7.00. The van der Waals surface area contributed by atoms with E-state index < -0.39 is 20.1 Å². The van der Waals surface area contributed by atoms with Crippen molar-refractivity contribution in [2.45, 2.75) is 122 Å². The Morgan fingerprint density at radius 2 is 1.22 bits per heavy atom. The maximum Gasteiger partial charge on any atom is 0.508 e. The van der Waals surface area contributed by atoms with Gasteiger partial charge in [0, 0.05) is 0 Å². The summed E-state index contributed by atoms with van der Waals surface area (Å²) in [7, 11) is 2.60. The van der Waals surface area contributed by atoms with Crippen LogP contribution < -0.4 is 4.89 Å². The summed E-state index contributed by atoms with van der Waals surface area (Å²) < 4.78 is 32.2. The number of nitrogens with zero attached hydrogens (tertiary/aromatic N) is 1. The predicted molar refractivity (Wildman–Crippen MR) is 144 cm³/mol. The summed E-state index contributed by atoms with van der Waals surface area (Å²) in [6.45, 7) is 2.56. The Kier molecular flexibility index (Phi) is 21.9. The van der Waals surface area contributed by atoms with Gasteiger partial charge in [0.25, 0.3) is 7.82 Å². The first-order valence-corrected chi connectivity index (χ1v) is 15.7. The van der Waals surface area contributed by atoms with E-state index in [1.807, 2.05) is 21.1 Å². The highest BCUT2D eigenvalue weighted by atomic mass is 31.2. The lowest BCUT2D eigenvalue weighted by molar-refractivity contribution is -0.870. The minimum atomic E-state index is -4.45. The van der Waals surface area contributed by atoms with Gasteiger partial charge in [-0.2, -0.15) is 0 Å². The number of rotatable bonds is 25. The van der Waals surface area contributed by atoms with Crippen LogP contribution in [-0.2, 0) is 23.1 Å². The minimum Gasteiger partial charge on any atom is -0.756 e. The van der Waals surface area contributed by atoms with E-state index >= 15 is 0 Å². The Morgan fingerprint density at radius 3 is 1.64 bits per heavy atom. The zero-order chi connectivity index (χ0) is 27.1. The number of ether oxygens (including phenoxy) is 2. The lowest BCUT2D eigenvalue weighted by atomic mass is 10.0. The average molecular weight is 538 g/mol. The van der Waals surface area contributed by atoms with E-state index in [2.05, 4.69) is 11.7 Å². The molecule has 0 fully saturated rings. The van der Waals surface area contributed by atoms with Crippen LogP contribution in [0.2, 0.25) is 0 Å². The molecule has 0 saturated heterocycles. The number of hydrogen-bond donors (Lipinski definition) is 0. The molecule has 2 atom stereocenters. The van der Waals surface area contributed by atoms with Crippen molar-refractivity contribution in [3.63, 3.8) is 0 Å². The molecule has 0 amide bonds. The highest BCUT2D eigenvalue weighted by Gasteiger charge is 2.20. The van der Waals surface area contributed by atoms with Crippen LogP contribution in [0.1, 0.15) is 116 Å². The van der Waals surface area contributed by atoms with Gasteiger partial charge in [-0.3, -0.25) is 4.57 Å². The third-order valence-corrected chi connectivity index (χ3v) is 7.20. The number of carbonyl (C=O) groups excluding carboxylic acids is 1. The normalized spacial score (nSPS) is 14.4. The number of phosphoric ester groups is 1. The van der Waals surface area contributed by atoms with Gasteiger partial charge in [0.05, 0.1) is 34.9 Å². The van der Waals surface area contributed by atoms with Crippen LogP contribution in [0.15, 0.2) is 0 Å². The van der Waals surface area contributed by atoms with Crippen LogP contribution >= 0.6 is 7.82 Å². The molecule has 0 aliphatic heterocycles. The molecule has 0 heterocycles. The van der Waals surface area contributed by atoms with E-state index in [-0.39, 0.29) is 13.2 Å². The third kappa shape index (κ3) is 25.0. The van der Waals surface area contributed by atoms with Crippen LogP contribution in [0.25, 0.3) is 0 Å². The highest BCUT2D eigenvalue weighted by molar-refractivity contribution is 7.45. The molecule has 36 heavy (non-hydrogen) atoms. The third-order valence-electron chi connectivity index (χ3n) is 6.24. The Morgan fingerprint density at radius 1 is 0.778 bits per heavy atom. The fourth-order valence-electron chi connectivity index (χ4n) is 3.92. The molecule has 0 bridgehead atoms. The van der Waals surface area contributed by atoms with Gasteiger partial charge >= 0.3 is 6.16 Å². The number of unbranched alkanes of at least 4 members (excludes halogenated alkanes) is 15. The number of methoxy groups -OCH3 is 1. The van der Waals surface area contributed by atoms with Crippen LogP contribution in [0, 0.1) is 0 Å². The lowest BCUT2D eigenvalue weighted by Gasteiger charge is -2.28. The smallest absolute Gasteiger partial charge is 0.508 e. The number of carbonyl (C=O) groups is 1. The maximum absolute atomic E-state index is 12.0. The van der Waals surface area contributed by atoms with Crippen molar-refractivity contribution in [2.24, 2.45) is 0 Å². The molecule has 0 N–H and O–H groups in total. The van der Waals surface area contributed by atoms with Crippen molar-refractivity contribution < 1.29 is 37.3 Å². The highest BCUT2D eigenvalue weighted by Crippen LogP contribution is 2.38. The Bertz CT molecular complexity index is 569. The standard InChI is InChI=1S/C27H56NO7P/c1-6-7-8-9-10-11-12-13-14-15-16-17-18-19-20-21-22-26(35-27(29)32-5)25-34-36(30,31)33-24-23-28(2,3)4/h26H,6-25H2,1-5H3. The van der Waals surface area contributed by atoms with Crippen molar-refractivity contribution in [1.82, 2.24) is 0 Å². The van der Waals surface area contributed by atoms with Gasteiger partial charge in [0.2, 0.25) is 0 Å². The van der Waals surface area contributed by atoms with E-state index in [1.54, 1.807) is 0 Å². The molecule has 9 heteroatoms. The number of phosphoric acid groups is 1. The molecule has 8 nitrogen and oxygen atoms in total. The molecule has 2 unspecified atom stereocenters. The Balaban J connectivity index is 3.88. The van der Waals surface area contributed by atoms with Crippen molar-refractivity contribution in [3.05, 3.63) is 0 Å². The number of likely N-dealkylation sites (N-methyl/N-ethyl adjacent to an activating group) is 1. The van der Waals surface area contributed by atoms with Crippen LogP contribution in [0.5, 0.6) is 0 Å². The van der Waals surface area contributed by atoms with Crippen LogP contribution in [0.3, 0.4) is 0 Å². The quantitative estimate of drug-likeness (QED) is 0.0536. The molecular formula is C27H56NO7P. The molecule has 0 aromatic heterocycles. The first-order valence-electron chi connectivity index (χ1n) is 14.2. The first-order chi connectivity index (χ1) is 17.1. The second-order valence-electron chi connectivity index (χ2n) is 10.9. The molecule has 0 rings (SSSR count). The van der Waals surface area contributed by atoms with Crippen molar-refractivity contribution in [3.8, 4) is 0 Å². The largest absolute Gasteiger partial charge is 0.756 e. The maximum atomic E-state index is 12.0. The van der Waals surface area contributed by atoms with E-state index in [1.165, 1.54) is 90.6 Å². The SMILES string of the molecule is CCCCCCCCCCCCCCCCCCC(COP(=O)([O-])OCC[N+](C)(C)C)OC(=O)OC. The average Bonchev–Trinajstić information content (AvgIpc) is 2.81. The summed E-state index contributed by atoms with van der Waals surface area (Å²) in [5.41, 5.74) is 0. The summed E-state index contributed by atoms with van der Waals surface area (Å²) in [5, 5.41) is 0. The fraction of sp³-hybridized carbons (Fsp3) is 0.963. The van der Waals surface area contributed by atoms with Crippen molar-refractivity contribution >= 4 is 14.0 Å². The van der Waals surface area contributed by atoms with E-state index in [0.717, 1.165) is 19.3 Å². The molecular weight excluding hydrogens is 481 g/mol. The van der Waals surface area contributed by atoms with Crippen LogP contribution in [-0.4, -0.2) is 64.8 Å². The monoisotopic (exact) mass is 537 g/mol. The van der Waals surface area contributed by atoms with E-state index in [4.69, 9.17) is 13.8 Å². The lowest BCUT2D eigenvalue weighted by Crippen LogP contribution is -2.37. The molecule has 0 aromatic carbocycles. The van der Waals surface area contributed by atoms with Crippen molar-refractivity contribution in [1.29, 1.82) is 0 Å².